The maximum Gasteiger partial charge on any atom is 0.331 e. The summed E-state index contributed by atoms with van der Waals surface area (Å²) >= 11 is 0. The quantitative estimate of drug-likeness (QED) is 0.354. The Balaban J connectivity index is 3.63. The number of hydrogen-bond acceptors (Lipinski definition) is 5. The zero-order chi connectivity index (χ0) is 12.2. The summed E-state index contributed by atoms with van der Waals surface area (Å²) in [5.41, 5.74) is 0. The second kappa shape index (κ2) is 10.2. The fourth-order valence-corrected chi connectivity index (χ4v) is 0.775. The molecule has 0 unspecified atom stereocenters. The molecule has 0 aliphatic rings. The fraction of sp³-hybridized carbons (Fsp3) is 0.636. The van der Waals surface area contributed by atoms with Gasteiger partial charge in [-0.05, 0) is 6.42 Å². The van der Waals surface area contributed by atoms with E-state index >= 15 is 0 Å². The molecule has 5 nitrogen and oxygen atoms in total. The normalized spacial score (nSPS) is 10.4. The van der Waals surface area contributed by atoms with E-state index in [1.54, 1.807) is 0 Å². The molecule has 0 aliphatic carbocycles. The lowest BCUT2D eigenvalue weighted by atomic mass is 10.4. The first-order chi connectivity index (χ1) is 7.70. The van der Waals surface area contributed by atoms with Gasteiger partial charge >= 0.3 is 11.9 Å². The summed E-state index contributed by atoms with van der Waals surface area (Å²) in [6.45, 7) is 2.88. The lowest BCUT2D eigenvalue weighted by molar-refractivity contribution is -0.141. The van der Waals surface area contributed by atoms with Crippen LogP contribution in [0.2, 0.25) is 0 Å². The van der Waals surface area contributed by atoms with Crippen LogP contribution in [0.3, 0.4) is 0 Å². The SMILES string of the molecule is CCCCOC(=O)/C=C/C(=O)OCCOC. The van der Waals surface area contributed by atoms with Gasteiger partial charge in [-0.25, -0.2) is 9.59 Å². The van der Waals surface area contributed by atoms with Gasteiger partial charge in [0.25, 0.3) is 0 Å². The third-order valence-electron chi connectivity index (χ3n) is 1.63. The van der Waals surface area contributed by atoms with Crippen molar-refractivity contribution in [1.82, 2.24) is 0 Å². The molecule has 0 heterocycles. The molecule has 0 aromatic rings. The van der Waals surface area contributed by atoms with Crippen molar-refractivity contribution >= 4 is 11.9 Å². The van der Waals surface area contributed by atoms with E-state index < -0.39 is 11.9 Å². The zero-order valence-electron chi connectivity index (χ0n) is 9.73. The van der Waals surface area contributed by atoms with Crippen LogP contribution in [0.4, 0.5) is 0 Å². The standard InChI is InChI=1S/C11H18O5/c1-3-4-7-15-10(12)5-6-11(13)16-9-8-14-2/h5-6H,3-4,7-9H2,1-2H3/b6-5+. The van der Waals surface area contributed by atoms with Crippen molar-refractivity contribution in [2.24, 2.45) is 0 Å². The van der Waals surface area contributed by atoms with Crippen LogP contribution in [0.1, 0.15) is 19.8 Å². The van der Waals surface area contributed by atoms with Crippen molar-refractivity contribution in [2.75, 3.05) is 26.9 Å². The molecule has 0 aromatic carbocycles. The highest BCUT2D eigenvalue weighted by atomic mass is 16.6. The molecule has 0 atom stereocenters. The summed E-state index contributed by atoms with van der Waals surface area (Å²) in [6.07, 6.45) is 3.88. The predicted molar refractivity (Wildman–Crippen MR) is 57.8 cm³/mol. The summed E-state index contributed by atoms with van der Waals surface area (Å²) in [5, 5.41) is 0. The molecule has 0 saturated carbocycles. The van der Waals surface area contributed by atoms with E-state index in [4.69, 9.17) is 14.2 Å². The summed E-state index contributed by atoms with van der Waals surface area (Å²) in [4.78, 5) is 22.0. The molecule has 0 radical (unpaired) electrons. The van der Waals surface area contributed by atoms with Gasteiger partial charge in [0.05, 0.1) is 13.2 Å². The molecule has 0 aliphatic heterocycles. The van der Waals surface area contributed by atoms with Gasteiger partial charge in [-0.15, -0.1) is 0 Å². The smallest absolute Gasteiger partial charge is 0.331 e. The van der Waals surface area contributed by atoms with Crippen molar-refractivity contribution in [1.29, 1.82) is 0 Å². The van der Waals surface area contributed by atoms with Crippen LogP contribution in [-0.2, 0) is 23.8 Å². The van der Waals surface area contributed by atoms with Gasteiger partial charge < -0.3 is 14.2 Å². The topological polar surface area (TPSA) is 61.8 Å². The molecular weight excluding hydrogens is 212 g/mol. The first-order valence-electron chi connectivity index (χ1n) is 5.21. The number of rotatable bonds is 8. The Morgan fingerprint density at radius 3 is 2.06 bits per heavy atom. The molecule has 92 valence electrons. The molecule has 0 rings (SSSR count). The molecule has 0 saturated heterocycles. The van der Waals surface area contributed by atoms with Crippen LogP contribution in [-0.4, -0.2) is 38.9 Å². The Bertz CT molecular complexity index is 211. The molecule has 0 bridgehead atoms. The van der Waals surface area contributed by atoms with Crippen molar-refractivity contribution in [3.8, 4) is 0 Å². The van der Waals surface area contributed by atoms with Gasteiger partial charge in [-0.2, -0.15) is 0 Å². The van der Waals surface area contributed by atoms with Gasteiger partial charge in [0, 0.05) is 19.3 Å². The van der Waals surface area contributed by atoms with E-state index in [9.17, 15) is 9.59 Å². The van der Waals surface area contributed by atoms with E-state index in [2.05, 4.69) is 0 Å². The van der Waals surface area contributed by atoms with Crippen LogP contribution < -0.4 is 0 Å². The third-order valence-corrected chi connectivity index (χ3v) is 1.63. The number of carbonyl (C=O) groups is 2. The number of carbonyl (C=O) groups excluding carboxylic acids is 2. The lowest BCUT2D eigenvalue weighted by Gasteiger charge is -2.00. The second-order valence-corrected chi connectivity index (χ2v) is 3.01. The number of esters is 2. The Hall–Kier alpha value is -1.36. The number of methoxy groups -OCH3 is 1. The first kappa shape index (κ1) is 14.6. The number of ether oxygens (including phenoxy) is 3. The highest BCUT2D eigenvalue weighted by molar-refractivity contribution is 5.91. The Morgan fingerprint density at radius 1 is 1.00 bits per heavy atom. The molecule has 0 N–H and O–H groups in total. The van der Waals surface area contributed by atoms with Crippen molar-refractivity contribution in [3.05, 3.63) is 12.2 Å². The van der Waals surface area contributed by atoms with Gasteiger partial charge in [0.1, 0.15) is 6.61 Å². The fourth-order valence-electron chi connectivity index (χ4n) is 0.775. The minimum atomic E-state index is -0.579. The summed E-state index contributed by atoms with van der Waals surface area (Å²) in [5.74, 6) is -1.11. The third kappa shape index (κ3) is 9.21. The van der Waals surface area contributed by atoms with E-state index in [0.717, 1.165) is 25.0 Å². The van der Waals surface area contributed by atoms with Gasteiger partial charge in [-0.1, -0.05) is 13.3 Å². The maximum absolute atomic E-state index is 11.0. The van der Waals surface area contributed by atoms with Crippen LogP contribution in [0, 0.1) is 0 Å². The maximum atomic E-state index is 11.0. The largest absolute Gasteiger partial charge is 0.463 e. The molecule has 0 spiro atoms. The summed E-state index contributed by atoms with van der Waals surface area (Å²) in [6, 6.07) is 0. The highest BCUT2D eigenvalue weighted by Crippen LogP contribution is 1.90. The van der Waals surface area contributed by atoms with Crippen molar-refractivity contribution < 1.29 is 23.8 Å². The number of unbranched alkanes of at least 4 members (excludes halogenated alkanes) is 1. The minimum Gasteiger partial charge on any atom is -0.463 e. The van der Waals surface area contributed by atoms with Crippen LogP contribution in [0.25, 0.3) is 0 Å². The van der Waals surface area contributed by atoms with E-state index in [1.807, 2.05) is 6.92 Å². The van der Waals surface area contributed by atoms with Gasteiger partial charge in [0.2, 0.25) is 0 Å². The predicted octanol–water partition coefficient (Wildman–Crippen LogP) is 1.08. The van der Waals surface area contributed by atoms with Crippen molar-refractivity contribution in [3.63, 3.8) is 0 Å². The average molecular weight is 230 g/mol. The average Bonchev–Trinajstić information content (AvgIpc) is 2.27. The lowest BCUT2D eigenvalue weighted by Crippen LogP contribution is -2.08. The van der Waals surface area contributed by atoms with Gasteiger partial charge in [-0.3, -0.25) is 0 Å². The first-order valence-corrected chi connectivity index (χ1v) is 5.21. The molecule has 0 aromatic heterocycles. The Kier molecular flexibility index (Phi) is 9.30. The Labute approximate surface area is 95.4 Å². The van der Waals surface area contributed by atoms with Crippen LogP contribution in [0.5, 0.6) is 0 Å². The highest BCUT2D eigenvalue weighted by Gasteiger charge is 2.00. The Morgan fingerprint density at radius 2 is 1.56 bits per heavy atom. The second-order valence-electron chi connectivity index (χ2n) is 3.01. The summed E-state index contributed by atoms with van der Waals surface area (Å²) in [7, 11) is 1.51. The molecule has 0 amide bonds. The molecular formula is C11H18O5. The van der Waals surface area contributed by atoms with E-state index in [-0.39, 0.29) is 6.61 Å². The van der Waals surface area contributed by atoms with Crippen molar-refractivity contribution in [2.45, 2.75) is 19.8 Å². The molecule has 5 heteroatoms. The van der Waals surface area contributed by atoms with E-state index in [1.165, 1.54) is 7.11 Å². The summed E-state index contributed by atoms with van der Waals surface area (Å²) < 4.78 is 14.2. The number of hydrogen-bond donors (Lipinski definition) is 0. The van der Waals surface area contributed by atoms with E-state index in [0.29, 0.717) is 13.2 Å². The van der Waals surface area contributed by atoms with Crippen LogP contribution in [0.15, 0.2) is 12.2 Å². The zero-order valence-corrected chi connectivity index (χ0v) is 9.73. The molecule has 16 heavy (non-hydrogen) atoms. The minimum absolute atomic E-state index is 0.171. The molecule has 0 fully saturated rings. The van der Waals surface area contributed by atoms with Gasteiger partial charge in [0.15, 0.2) is 0 Å². The monoisotopic (exact) mass is 230 g/mol. The van der Waals surface area contributed by atoms with Crippen LogP contribution >= 0.6 is 0 Å².